The van der Waals surface area contributed by atoms with Crippen LogP contribution in [0.2, 0.25) is 0 Å². The molecule has 1 aromatic heterocycles. The second kappa shape index (κ2) is 7.03. The number of rotatable bonds is 4. The minimum absolute atomic E-state index is 0.109. The van der Waals surface area contributed by atoms with E-state index in [1.54, 1.807) is 12.1 Å². The molecule has 0 radical (unpaired) electrons. The second-order valence-corrected chi connectivity index (χ2v) is 7.26. The first kappa shape index (κ1) is 17.0. The van der Waals surface area contributed by atoms with Gasteiger partial charge in [0.25, 0.3) is 5.56 Å². The second-order valence-electron chi connectivity index (χ2n) is 7.26. The van der Waals surface area contributed by atoms with Crippen molar-refractivity contribution in [2.45, 2.75) is 25.8 Å². The van der Waals surface area contributed by atoms with Crippen LogP contribution >= 0.6 is 0 Å². The van der Waals surface area contributed by atoms with Crippen molar-refractivity contribution in [2.75, 3.05) is 26.3 Å². The highest BCUT2D eigenvalue weighted by Crippen LogP contribution is 2.37. The number of piperidine rings is 1. The van der Waals surface area contributed by atoms with Gasteiger partial charge in [-0.15, -0.1) is 0 Å². The molecule has 6 heteroatoms. The summed E-state index contributed by atoms with van der Waals surface area (Å²) in [6.45, 7) is 3.15. The monoisotopic (exact) mass is 353 g/mol. The summed E-state index contributed by atoms with van der Waals surface area (Å²) in [4.78, 5) is 26.4. The Labute approximate surface area is 152 Å². The lowest BCUT2D eigenvalue weighted by Crippen LogP contribution is -2.48. The summed E-state index contributed by atoms with van der Waals surface area (Å²) in [5.74, 6) is 0.162. The first-order valence-corrected chi connectivity index (χ1v) is 9.14. The van der Waals surface area contributed by atoms with Gasteiger partial charge in [0.15, 0.2) is 0 Å². The largest absolute Gasteiger partial charge is 0.381 e. The van der Waals surface area contributed by atoms with Gasteiger partial charge in [-0.25, -0.2) is 4.68 Å². The van der Waals surface area contributed by atoms with Crippen molar-refractivity contribution in [2.24, 2.45) is 5.41 Å². The molecule has 2 aromatic rings. The van der Waals surface area contributed by atoms with Gasteiger partial charge in [-0.1, -0.05) is 30.3 Å². The van der Waals surface area contributed by atoms with Crippen molar-refractivity contribution < 1.29 is 9.53 Å². The number of nitrogens with zero attached hydrogens (tertiary/aromatic N) is 3. The van der Waals surface area contributed by atoms with Crippen molar-refractivity contribution in [1.82, 2.24) is 14.7 Å². The molecule has 4 rings (SSSR count). The summed E-state index contributed by atoms with van der Waals surface area (Å²) in [7, 11) is 0. The van der Waals surface area contributed by atoms with Crippen LogP contribution in [0.4, 0.5) is 0 Å². The molecule has 2 saturated heterocycles. The smallest absolute Gasteiger partial charge is 0.266 e. The van der Waals surface area contributed by atoms with E-state index in [1.807, 2.05) is 35.2 Å². The average molecular weight is 353 g/mol. The van der Waals surface area contributed by atoms with E-state index in [1.165, 1.54) is 4.68 Å². The number of aromatic nitrogens is 2. The third kappa shape index (κ3) is 3.42. The molecule has 1 amide bonds. The molecule has 1 atom stereocenters. The van der Waals surface area contributed by atoms with Gasteiger partial charge >= 0.3 is 0 Å². The first-order valence-electron chi connectivity index (χ1n) is 9.14. The number of likely N-dealkylation sites (tertiary alicyclic amines) is 1. The molecule has 0 bridgehead atoms. The molecule has 26 heavy (non-hydrogen) atoms. The number of carbonyl (C=O) groups excluding carboxylic acids is 1. The topological polar surface area (TPSA) is 64.4 Å². The third-order valence-corrected chi connectivity index (χ3v) is 5.45. The molecule has 1 aromatic carbocycles. The average Bonchev–Trinajstić information content (AvgIpc) is 3.12. The van der Waals surface area contributed by atoms with Crippen molar-refractivity contribution in [3.05, 3.63) is 52.8 Å². The molecule has 0 unspecified atom stereocenters. The number of hydrogen-bond donors (Lipinski definition) is 0. The third-order valence-electron chi connectivity index (χ3n) is 5.45. The highest BCUT2D eigenvalue weighted by molar-refractivity contribution is 5.77. The molecule has 0 aliphatic carbocycles. The zero-order chi connectivity index (χ0) is 18.0. The van der Waals surface area contributed by atoms with Crippen molar-refractivity contribution in [1.29, 1.82) is 0 Å². The van der Waals surface area contributed by atoms with Crippen LogP contribution in [0.1, 0.15) is 19.3 Å². The summed E-state index contributed by atoms with van der Waals surface area (Å²) < 4.78 is 7.02. The first-order chi connectivity index (χ1) is 12.7. The predicted molar refractivity (Wildman–Crippen MR) is 97.6 cm³/mol. The Morgan fingerprint density at radius 1 is 1.04 bits per heavy atom. The Bertz CT molecular complexity index is 841. The highest BCUT2D eigenvalue weighted by atomic mass is 16.5. The quantitative estimate of drug-likeness (QED) is 0.843. The Kier molecular flexibility index (Phi) is 4.59. The number of ether oxygens (including phenoxy) is 1. The molecule has 0 saturated carbocycles. The van der Waals surface area contributed by atoms with Crippen LogP contribution in [0, 0.1) is 5.41 Å². The molecular formula is C20H23N3O3. The highest BCUT2D eigenvalue weighted by Gasteiger charge is 2.41. The maximum Gasteiger partial charge on any atom is 0.266 e. The van der Waals surface area contributed by atoms with Crippen LogP contribution in [0.3, 0.4) is 0 Å². The number of carbonyl (C=O) groups is 1. The summed E-state index contributed by atoms with van der Waals surface area (Å²) in [6.07, 6.45) is 2.48. The summed E-state index contributed by atoms with van der Waals surface area (Å²) in [5.41, 5.74) is 1.69. The predicted octanol–water partition coefficient (Wildman–Crippen LogP) is 1.94. The molecule has 6 nitrogen and oxygen atoms in total. The van der Waals surface area contributed by atoms with E-state index < -0.39 is 0 Å². The number of amides is 1. The number of benzene rings is 1. The van der Waals surface area contributed by atoms with Gasteiger partial charge in [0.05, 0.1) is 18.8 Å². The van der Waals surface area contributed by atoms with E-state index in [2.05, 4.69) is 5.10 Å². The SMILES string of the molecule is O=C1CC[C@@]2(CCOC2)CN1CCn1nc(-c2ccccc2)ccc1=O. The zero-order valence-corrected chi connectivity index (χ0v) is 14.8. The summed E-state index contributed by atoms with van der Waals surface area (Å²) in [6, 6.07) is 13.1. The minimum Gasteiger partial charge on any atom is -0.381 e. The maximum atomic E-state index is 12.3. The van der Waals surface area contributed by atoms with E-state index in [4.69, 9.17) is 4.74 Å². The summed E-state index contributed by atoms with van der Waals surface area (Å²) >= 11 is 0. The van der Waals surface area contributed by atoms with E-state index in [-0.39, 0.29) is 16.9 Å². The molecule has 0 N–H and O–H groups in total. The van der Waals surface area contributed by atoms with Gasteiger partial charge in [-0.05, 0) is 18.9 Å². The normalized spacial score (nSPS) is 22.9. The Hall–Kier alpha value is -2.47. The lowest BCUT2D eigenvalue weighted by atomic mass is 9.79. The van der Waals surface area contributed by atoms with Gasteiger partial charge < -0.3 is 9.64 Å². The van der Waals surface area contributed by atoms with Crippen LogP contribution in [0.25, 0.3) is 11.3 Å². The fourth-order valence-corrected chi connectivity index (χ4v) is 3.86. The lowest BCUT2D eigenvalue weighted by Gasteiger charge is -2.39. The van der Waals surface area contributed by atoms with Gasteiger partial charge in [-0.3, -0.25) is 9.59 Å². The molecular weight excluding hydrogens is 330 g/mol. The molecule has 2 aliphatic heterocycles. The van der Waals surface area contributed by atoms with E-state index in [0.717, 1.165) is 43.9 Å². The van der Waals surface area contributed by atoms with E-state index >= 15 is 0 Å². The van der Waals surface area contributed by atoms with Crippen molar-refractivity contribution in [3.63, 3.8) is 0 Å². The van der Waals surface area contributed by atoms with Gasteiger partial charge in [-0.2, -0.15) is 5.10 Å². The molecule has 2 aliphatic rings. The number of hydrogen-bond acceptors (Lipinski definition) is 4. The molecule has 136 valence electrons. The van der Waals surface area contributed by atoms with Gasteiger partial charge in [0.1, 0.15) is 0 Å². The van der Waals surface area contributed by atoms with Crippen LogP contribution < -0.4 is 5.56 Å². The van der Waals surface area contributed by atoms with Crippen LogP contribution in [-0.2, 0) is 16.1 Å². The Balaban J connectivity index is 1.48. The molecule has 3 heterocycles. The molecule has 1 spiro atoms. The van der Waals surface area contributed by atoms with E-state index in [9.17, 15) is 9.59 Å². The van der Waals surface area contributed by atoms with Crippen LogP contribution in [0.5, 0.6) is 0 Å². The lowest BCUT2D eigenvalue weighted by molar-refractivity contribution is -0.137. The van der Waals surface area contributed by atoms with Gasteiger partial charge in [0, 0.05) is 43.2 Å². The van der Waals surface area contributed by atoms with Crippen molar-refractivity contribution >= 4 is 5.91 Å². The summed E-state index contributed by atoms with van der Waals surface area (Å²) in [5, 5.41) is 4.48. The standard InChI is InChI=1S/C20H23N3O3/c24-18-8-9-20(10-13-26-15-20)14-22(18)11-12-23-19(25)7-6-17(21-23)16-4-2-1-3-5-16/h1-7H,8-15H2/t20-/m1/s1. The zero-order valence-electron chi connectivity index (χ0n) is 14.8. The van der Waals surface area contributed by atoms with Crippen LogP contribution in [0.15, 0.2) is 47.3 Å². The Morgan fingerprint density at radius 3 is 2.65 bits per heavy atom. The van der Waals surface area contributed by atoms with Gasteiger partial charge in [0.2, 0.25) is 5.91 Å². The van der Waals surface area contributed by atoms with Crippen molar-refractivity contribution in [3.8, 4) is 11.3 Å². The van der Waals surface area contributed by atoms with Crippen LogP contribution in [-0.4, -0.2) is 46.9 Å². The molecule has 2 fully saturated rings. The minimum atomic E-state index is -0.145. The fourth-order valence-electron chi connectivity index (χ4n) is 3.86. The fraction of sp³-hybridized carbons (Fsp3) is 0.450. The Morgan fingerprint density at radius 2 is 1.88 bits per heavy atom. The maximum absolute atomic E-state index is 12.3. The van der Waals surface area contributed by atoms with E-state index in [0.29, 0.717) is 19.5 Å².